The average Bonchev–Trinajstić information content (AvgIpc) is 2.76. The van der Waals surface area contributed by atoms with Crippen molar-refractivity contribution in [3.8, 4) is 22.6 Å². The lowest BCUT2D eigenvalue weighted by Crippen LogP contribution is -2.04. The van der Waals surface area contributed by atoms with Crippen LogP contribution >= 0.6 is 0 Å². The van der Waals surface area contributed by atoms with Crippen LogP contribution in [0.25, 0.3) is 17.2 Å². The molecule has 166 valence electrons. The Morgan fingerprint density at radius 1 is 1.03 bits per heavy atom. The van der Waals surface area contributed by atoms with Crippen LogP contribution in [-0.4, -0.2) is 24.8 Å². The number of methoxy groups -OCH3 is 1. The standard InChI is InChI=1S/C25H21F3O4/c1-31-24-19(16-23(29)30)7-3-9-22(24)18-6-2-8-21(15-18)32-14-4-5-17-10-12-20(13-11-17)25(26,27)28/h2-13,15H,14,16H2,1H3,(H,29,30)/b5-4+. The minimum Gasteiger partial charge on any atom is -0.496 e. The van der Waals surface area contributed by atoms with Crippen molar-refractivity contribution in [3.63, 3.8) is 0 Å². The summed E-state index contributed by atoms with van der Waals surface area (Å²) in [5.41, 5.74) is 2.07. The molecule has 0 fully saturated rings. The molecule has 3 aromatic rings. The van der Waals surface area contributed by atoms with Crippen molar-refractivity contribution in [1.82, 2.24) is 0 Å². The molecule has 0 heterocycles. The number of hydrogen-bond donors (Lipinski definition) is 1. The van der Waals surface area contributed by atoms with Gasteiger partial charge in [0.1, 0.15) is 18.1 Å². The lowest BCUT2D eigenvalue weighted by Gasteiger charge is -2.13. The number of carboxylic acids is 1. The fourth-order valence-corrected chi connectivity index (χ4v) is 3.22. The first-order valence-corrected chi connectivity index (χ1v) is 9.72. The van der Waals surface area contributed by atoms with Gasteiger partial charge < -0.3 is 14.6 Å². The van der Waals surface area contributed by atoms with Crippen LogP contribution in [0.2, 0.25) is 0 Å². The van der Waals surface area contributed by atoms with Crippen LogP contribution in [0.4, 0.5) is 13.2 Å². The molecule has 32 heavy (non-hydrogen) atoms. The van der Waals surface area contributed by atoms with Gasteiger partial charge in [0.15, 0.2) is 0 Å². The Morgan fingerprint density at radius 2 is 1.75 bits per heavy atom. The Bertz CT molecular complexity index is 1100. The molecule has 0 saturated heterocycles. The van der Waals surface area contributed by atoms with Crippen molar-refractivity contribution < 1.29 is 32.5 Å². The van der Waals surface area contributed by atoms with E-state index in [1.807, 2.05) is 24.3 Å². The van der Waals surface area contributed by atoms with Gasteiger partial charge in [-0.15, -0.1) is 0 Å². The SMILES string of the molecule is COc1c(CC(=O)O)cccc1-c1cccc(OC/C=C/c2ccc(C(F)(F)F)cc2)c1. The number of hydrogen-bond acceptors (Lipinski definition) is 3. The Balaban J connectivity index is 1.70. The van der Waals surface area contributed by atoms with Gasteiger partial charge >= 0.3 is 12.1 Å². The number of ether oxygens (including phenoxy) is 2. The predicted molar refractivity (Wildman–Crippen MR) is 116 cm³/mol. The summed E-state index contributed by atoms with van der Waals surface area (Å²) in [5.74, 6) is 0.136. The third-order valence-electron chi connectivity index (χ3n) is 4.68. The molecule has 0 spiro atoms. The highest BCUT2D eigenvalue weighted by Crippen LogP contribution is 2.35. The molecule has 0 aromatic heterocycles. The van der Waals surface area contributed by atoms with Crippen LogP contribution in [-0.2, 0) is 17.4 Å². The van der Waals surface area contributed by atoms with Gasteiger partial charge in [-0.1, -0.05) is 48.5 Å². The number of carbonyl (C=O) groups is 1. The van der Waals surface area contributed by atoms with Crippen molar-refractivity contribution in [1.29, 1.82) is 0 Å². The van der Waals surface area contributed by atoms with Crippen LogP contribution in [0, 0.1) is 0 Å². The predicted octanol–water partition coefficient (Wildman–Crippen LogP) is 6.10. The van der Waals surface area contributed by atoms with E-state index >= 15 is 0 Å². The summed E-state index contributed by atoms with van der Waals surface area (Å²) in [6, 6.07) is 17.5. The van der Waals surface area contributed by atoms with E-state index in [9.17, 15) is 18.0 Å². The molecule has 4 nitrogen and oxygen atoms in total. The second kappa shape index (κ2) is 10.0. The zero-order valence-corrected chi connectivity index (χ0v) is 17.2. The highest BCUT2D eigenvalue weighted by Gasteiger charge is 2.29. The summed E-state index contributed by atoms with van der Waals surface area (Å²) in [7, 11) is 1.50. The lowest BCUT2D eigenvalue weighted by atomic mass is 9.99. The first-order chi connectivity index (χ1) is 15.3. The van der Waals surface area contributed by atoms with E-state index in [0.717, 1.165) is 23.3 Å². The van der Waals surface area contributed by atoms with Crippen molar-refractivity contribution in [2.75, 3.05) is 13.7 Å². The topological polar surface area (TPSA) is 55.8 Å². The first-order valence-electron chi connectivity index (χ1n) is 9.72. The molecule has 0 saturated carbocycles. The van der Waals surface area contributed by atoms with Crippen LogP contribution in [0.3, 0.4) is 0 Å². The zero-order valence-electron chi connectivity index (χ0n) is 17.2. The molecule has 1 N–H and O–H groups in total. The maximum atomic E-state index is 12.6. The largest absolute Gasteiger partial charge is 0.496 e. The highest BCUT2D eigenvalue weighted by molar-refractivity contribution is 5.77. The first kappa shape index (κ1) is 22.9. The number of rotatable bonds is 8. The minimum absolute atomic E-state index is 0.151. The van der Waals surface area contributed by atoms with E-state index in [2.05, 4.69) is 0 Å². The summed E-state index contributed by atoms with van der Waals surface area (Å²) >= 11 is 0. The molecule has 0 aliphatic heterocycles. The maximum absolute atomic E-state index is 12.6. The molecule has 7 heteroatoms. The van der Waals surface area contributed by atoms with Gasteiger partial charge in [-0.3, -0.25) is 4.79 Å². The van der Waals surface area contributed by atoms with E-state index < -0.39 is 17.7 Å². The third-order valence-corrected chi connectivity index (χ3v) is 4.68. The molecule has 0 bridgehead atoms. The van der Waals surface area contributed by atoms with Crippen LogP contribution in [0.15, 0.2) is 72.8 Å². The van der Waals surface area contributed by atoms with Crippen molar-refractivity contribution in [2.24, 2.45) is 0 Å². The molecular formula is C25H21F3O4. The molecule has 3 rings (SSSR count). The van der Waals surface area contributed by atoms with E-state index in [1.165, 1.54) is 19.2 Å². The number of carboxylic acid groups (broad SMARTS) is 1. The van der Waals surface area contributed by atoms with Gasteiger partial charge in [0.2, 0.25) is 0 Å². The van der Waals surface area contributed by atoms with Gasteiger partial charge in [-0.2, -0.15) is 13.2 Å². The van der Waals surface area contributed by atoms with E-state index in [0.29, 0.717) is 22.6 Å². The lowest BCUT2D eigenvalue weighted by molar-refractivity contribution is -0.138. The molecule has 0 aliphatic carbocycles. The van der Waals surface area contributed by atoms with Crippen LogP contribution in [0.1, 0.15) is 16.7 Å². The molecular weight excluding hydrogens is 421 g/mol. The van der Waals surface area contributed by atoms with Gasteiger partial charge in [0.05, 0.1) is 19.1 Å². The summed E-state index contributed by atoms with van der Waals surface area (Å²) in [4.78, 5) is 11.1. The Labute approximate surface area is 183 Å². The quantitative estimate of drug-likeness (QED) is 0.458. The van der Waals surface area contributed by atoms with Crippen molar-refractivity contribution >= 4 is 12.0 Å². The normalized spacial score (nSPS) is 11.5. The Kier molecular flexibility index (Phi) is 7.20. The van der Waals surface area contributed by atoms with Gasteiger partial charge in [-0.05, 0) is 41.5 Å². The molecule has 0 unspecified atom stereocenters. The summed E-state index contributed by atoms with van der Waals surface area (Å²) in [6.45, 7) is 0.223. The van der Waals surface area contributed by atoms with Gasteiger partial charge in [0.25, 0.3) is 0 Å². The summed E-state index contributed by atoms with van der Waals surface area (Å²) < 4.78 is 49.1. The maximum Gasteiger partial charge on any atom is 0.416 e. The number of benzene rings is 3. The van der Waals surface area contributed by atoms with Crippen LogP contribution < -0.4 is 9.47 Å². The number of alkyl halides is 3. The monoisotopic (exact) mass is 442 g/mol. The van der Waals surface area contributed by atoms with Gasteiger partial charge in [0, 0.05) is 11.1 Å². The second-order valence-electron chi connectivity index (χ2n) is 6.93. The highest BCUT2D eigenvalue weighted by atomic mass is 19.4. The third kappa shape index (κ3) is 5.91. The molecule has 3 aromatic carbocycles. The van der Waals surface area contributed by atoms with Crippen LogP contribution in [0.5, 0.6) is 11.5 Å². The molecule has 0 atom stereocenters. The zero-order chi connectivity index (χ0) is 23.1. The molecule has 0 amide bonds. The van der Waals surface area contributed by atoms with Crippen molar-refractivity contribution in [2.45, 2.75) is 12.6 Å². The number of aliphatic carboxylic acids is 1. The number of halogens is 3. The fourth-order valence-electron chi connectivity index (χ4n) is 3.22. The Morgan fingerprint density at radius 3 is 2.41 bits per heavy atom. The molecule has 0 radical (unpaired) electrons. The van der Waals surface area contributed by atoms with E-state index in [1.54, 1.807) is 30.4 Å². The number of para-hydroxylation sites is 1. The van der Waals surface area contributed by atoms with E-state index in [4.69, 9.17) is 14.6 Å². The minimum atomic E-state index is -4.35. The smallest absolute Gasteiger partial charge is 0.416 e. The second-order valence-corrected chi connectivity index (χ2v) is 6.93. The summed E-state index contributed by atoms with van der Waals surface area (Å²) in [5, 5.41) is 9.11. The van der Waals surface area contributed by atoms with E-state index in [-0.39, 0.29) is 13.0 Å². The molecule has 0 aliphatic rings. The Hall–Kier alpha value is -3.74. The van der Waals surface area contributed by atoms with Crippen molar-refractivity contribution in [3.05, 3.63) is 89.5 Å². The average molecular weight is 442 g/mol. The fraction of sp³-hybridized carbons (Fsp3) is 0.160. The summed E-state index contributed by atoms with van der Waals surface area (Å²) in [6.07, 6.45) is -1.11. The van der Waals surface area contributed by atoms with Gasteiger partial charge in [-0.25, -0.2) is 0 Å².